The molecule has 1 aliphatic heterocycles. The summed E-state index contributed by atoms with van der Waals surface area (Å²) in [5.74, 6) is -1.28. The zero-order valence-corrected chi connectivity index (χ0v) is 14.8. The molecule has 8 heteroatoms. The van der Waals surface area contributed by atoms with E-state index in [2.05, 4.69) is 15.4 Å². The molecule has 0 bridgehead atoms. The number of carbonyl (C=O) groups is 1. The van der Waals surface area contributed by atoms with Crippen molar-refractivity contribution in [1.29, 1.82) is 0 Å². The molecule has 0 atom stereocenters. The number of aromatic carboxylic acids is 1. The number of fused-ring (bicyclic) bond motifs is 1. The van der Waals surface area contributed by atoms with Crippen LogP contribution in [0.5, 0.6) is 5.75 Å². The van der Waals surface area contributed by atoms with E-state index < -0.39 is 11.7 Å². The number of allylic oxidation sites excluding steroid dienone is 1. The van der Waals surface area contributed by atoms with Gasteiger partial charge < -0.3 is 14.6 Å². The number of hydrogen-bond acceptors (Lipinski definition) is 7. The molecule has 0 radical (unpaired) electrons. The number of nitrogens with zero attached hydrogens (tertiary/aromatic N) is 3. The fourth-order valence-electron chi connectivity index (χ4n) is 2.87. The third kappa shape index (κ3) is 3.07. The van der Waals surface area contributed by atoms with Crippen LogP contribution in [-0.2, 0) is 0 Å². The fraction of sp³-hybridized carbons (Fsp3) is 0.0500. The van der Waals surface area contributed by atoms with Crippen LogP contribution in [0.1, 0.15) is 21.7 Å². The van der Waals surface area contributed by atoms with Gasteiger partial charge in [-0.1, -0.05) is 18.2 Å². The maximum Gasteiger partial charge on any atom is 0.345 e. The second-order valence-electron chi connectivity index (χ2n) is 6.06. The molecule has 3 N–H and O–H groups in total. The predicted octanol–water partition coefficient (Wildman–Crippen LogP) is 3.80. The molecule has 0 fully saturated rings. The van der Waals surface area contributed by atoms with Gasteiger partial charge in [0.05, 0.1) is 5.69 Å². The SMILES string of the molecule is CN(Nc1oc(C=C2C=Nc3ncccc32)c(O)c1C(=O)O)c1ccccc1. The maximum absolute atomic E-state index is 11.7. The molecule has 140 valence electrons. The molecule has 0 saturated heterocycles. The van der Waals surface area contributed by atoms with Crippen LogP contribution in [0.2, 0.25) is 0 Å². The lowest BCUT2D eigenvalue weighted by Crippen LogP contribution is -2.25. The quantitative estimate of drug-likeness (QED) is 0.581. The summed E-state index contributed by atoms with van der Waals surface area (Å²) in [7, 11) is 1.71. The molecule has 0 saturated carbocycles. The first kappa shape index (κ1) is 17.3. The van der Waals surface area contributed by atoms with E-state index in [4.69, 9.17) is 4.42 Å². The second-order valence-corrected chi connectivity index (χ2v) is 6.06. The number of benzene rings is 1. The van der Waals surface area contributed by atoms with Crippen molar-refractivity contribution in [1.82, 2.24) is 4.98 Å². The van der Waals surface area contributed by atoms with Gasteiger partial charge in [-0.3, -0.25) is 10.4 Å². The molecule has 0 spiro atoms. The van der Waals surface area contributed by atoms with Crippen LogP contribution in [0.15, 0.2) is 58.1 Å². The van der Waals surface area contributed by atoms with Crippen LogP contribution in [0.3, 0.4) is 0 Å². The van der Waals surface area contributed by atoms with Crippen LogP contribution < -0.4 is 10.4 Å². The van der Waals surface area contributed by atoms with Crippen LogP contribution in [0, 0.1) is 0 Å². The Hall–Kier alpha value is -4.07. The number of aliphatic imine (C=N–C) groups is 1. The molecule has 28 heavy (non-hydrogen) atoms. The number of nitrogens with one attached hydrogen (secondary N) is 1. The van der Waals surface area contributed by atoms with E-state index in [0.717, 1.165) is 11.3 Å². The highest BCUT2D eigenvalue weighted by atomic mass is 16.4. The van der Waals surface area contributed by atoms with Gasteiger partial charge in [0.25, 0.3) is 0 Å². The minimum absolute atomic E-state index is 0.0134. The summed E-state index contributed by atoms with van der Waals surface area (Å²) < 4.78 is 5.63. The van der Waals surface area contributed by atoms with Crippen molar-refractivity contribution >= 4 is 41.2 Å². The van der Waals surface area contributed by atoms with Gasteiger partial charge in [-0.2, -0.15) is 0 Å². The Kier molecular flexibility index (Phi) is 4.29. The van der Waals surface area contributed by atoms with Crippen molar-refractivity contribution in [3.63, 3.8) is 0 Å². The Labute approximate surface area is 160 Å². The lowest BCUT2D eigenvalue weighted by molar-refractivity contribution is 0.0694. The minimum Gasteiger partial charge on any atom is -0.504 e. The molecule has 8 nitrogen and oxygen atoms in total. The molecule has 3 aromatic rings. The van der Waals surface area contributed by atoms with Gasteiger partial charge >= 0.3 is 5.97 Å². The van der Waals surface area contributed by atoms with Gasteiger partial charge in [-0.25, -0.2) is 14.8 Å². The summed E-state index contributed by atoms with van der Waals surface area (Å²) in [4.78, 5) is 20.0. The Morgan fingerprint density at radius 2 is 2.00 bits per heavy atom. The topological polar surface area (TPSA) is 111 Å². The minimum atomic E-state index is -1.31. The van der Waals surface area contributed by atoms with Crippen molar-refractivity contribution in [3.05, 3.63) is 65.5 Å². The summed E-state index contributed by atoms with van der Waals surface area (Å²) in [6, 6.07) is 12.9. The van der Waals surface area contributed by atoms with Crippen LogP contribution in [0.4, 0.5) is 17.4 Å². The van der Waals surface area contributed by atoms with E-state index in [0.29, 0.717) is 11.4 Å². The summed E-state index contributed by atoms with van der Waals surface area (Å²) in [5, 5.41) is 21.6. The standard InChI is InChI=1S/C20H16N4O4/c1-24(13-6-3-2-4-7-13)23-19-16(20(26)27)17(25)15(28-19)10-12-11-22-18-14(12)8-5-9-21-18/h2-11,23,25H,1H3,(H,26,27). The smallest absolute Gasteiger partial charge is 0.345 e. The molecule has 1 aromatic carbocycles. The highest BCUT2D eigenvalue weighted by Gasteiger charge is 2.26. The van der Waals surface area contributed by atoms with Crippen LogP contribution in [0.25, 0.3) is 11.6 Å². The Bertz CT molecular complexity index is 1100. The van der Waals surface area contributed by atoms with E-state index in [9.17, 15) is 15.0 Å². The molecule has 0 unspecified atom stereocenters. The monoisotopic (exact) mass is 376 g/mol. The number of hydrazine groups is 1. The van der Waals surface area contributed by atoms with E-state index in [1.165, 1.54) is 6.08 Å². The second kappa shape index (κ2) is 6.92. The van der Waals surface area contributed by atoms with Gasteiger partial charge in [0.2, 0.25) is 5.88 Å². The molecule has 0 aliphatic carbocycles. The maximum atomic E-state index is 11.7. The van der Waals surface area contributed by atoms with Crippen LogP contribution >= 0.6 is 0 Å². The number of furan rings is 1. The van der Waals surface area contributed by atoms with E-state index in [1.54, 1.807) is 30.5 Å². The number of hydrogen-bond donors (Lipinski definition) is 3. The number of para-hydroxylation sites is 1. The van der Waals surface area contributed by atoms with Crippen molar-refractivity contribution in [2.75, 3.05) is 17.5 Å². The van der Waals surface area contributed by atoms with Crippen molar-refractivity contribution in [2.45, 2.75) is 0 Å². The number of aromatic nitrogens is 1. The van der Waals surface area contributed by atoms with Gasteiger partial charge in [0.1, 0.15) is 0 Å². The predicted molar refractivity (Wildman–Crippen MR) is 106 cm³/mol. The number of aromatic hydroxyl groups is 1. The number of rotatable bonds is 5. The zero-order valence-electron chi connectivity index (χ0n) is 14.8. The highest BCUT2D eigenvalue weighted by molar-refractivity contribution is 6.21. The molecule has 3 heterocycles. The Morgan fingerprint density at radius 1 is 1.21 bits per heavy atom. The third-order valence-corrected chi connectivity index (χ3v) is 4.25. The Balaban J connectivity index is 1.71. The number of pyridine rings is 1. The van der Waals surface area contributed by atoms with Crippen molar-refractivity contribution < 1.29 is 19.4 Å². The lowest BCUT2D eigenvalue weighted by atomic mass is 10.1. The molecular weight excluding hydrogens is 360 g/mol. The van der Waals surface area contributed by atoms with E-state index >= 15 is 0 Å². The number of carboxylic acid groups (broad SMARTS) is 1. The Morgan fingerprint density at radius 3 is 2.75 bits per heavy atom. The van der Waals surface area contributed by atoms with Gasteiger partial charge in [0, 0.05) is 30.6 Å². The van der Waals surface area contributed by atoms with E-state index in [-0.39, 0.29) is 17.2 Å². The molecule has 1 aliphatic rings. The van der Waals surface area contributed by atoms with Gasteiger partial charge in [-0.15, -0.1) is 0 Å². The fourth-order valence-corrected chi connectivity index (χ4v) is 2.87. The van der Waals surface area contributed by atoms with E-state index in [1.807, 2.05) is 36.4 Å². The van der Waals surface area contributed by atoms with Crippen molar-refractivity contribution in [2.24, 2.45) is 4.99 Å². The third-order valence-electron chi connectivity index (χ3n) is 4.25. The van der Waals surface area contributed by atoms with Gasteiger partial charge in [0.15, 0.2) is 22.9 Å². The highest BCUT2D eigenvalue weighted by Crippen LogP contribution is 2.38. The van der Waals surface area contributed by atoms with Gasteiger partial charge in [-0.05, 0) is 30.3 Å². The number of carboxylic acids is 1. The first-order chi connectivity index (χ1) is 13.5. The lowest BCUT2D eigenvalue weighted by Gasteiger charge is -2.19. The summed E-state index contributed by atoms with van der Waals surface area (Å²) in [6.45, 7) is 0. The first-order valence-corrected chi connectivity index (χ1v) is 8.40. The first-order valence-electron chi connectivity index (χ1n) is 8.40. The van der Waals surface area contributed by atoms with Crippen LogP contribution in [-0.4, -0.2) is 34.4 Å². The molecule has 2 aromatic heterocycles. The summed E-state index contributed by atoms with van der Waals surface area (Å²) in [5.41, 5.74) is 4.73. The largest absolute Gasteiger partial charge is 0.504 e. The molecule has 0 amide bonds. The molecule has 4 rings (SSSR count). The summed E-state index contributed by atoms with van der Waals surface area (Å²) in [6.07, 6.45) is 4.75. The number of anilines is 2. The average Bonchev–Trinajstić information content (AvgIpc) is 3.24. The average molecular weight is 376 g/mol. The summed E-state index contributed by atoms with van der Waals surface area (Å²) >= 11 is 0. The normalized spacial score (nSPS) is 13.5. The molecular formula is C20H16N4O4. The van der Waals surface area contributed by atoms with Crippen molar-refractivity contribution in [3.8, 4) is 5.75 Å². The zero-order chi connectivity index (χ0) is 19.7.